The van der Waals surface area contributed by atoms with Crippen LogP contribution in [0.3, 0.4) is 0 Å². The molecule has 0 saturated carbocycles. The van der Waals surface area contributed by atoms with Gasteiger partial charge in [-0.25, -0.2) is 0 Å². The van der Waals surface area contributed by atoms with E-state index in [0.29, 0.717) is 12.6 Å². The number of fused-ring (bicyclic) bond motifs is 1. The van der Waals surface area contributed by atoms with Gasteiger partial charge in [0, 0.05) is 22.7 Å². The van der Waals surface area contributed by atoms with Gasteiger partial charge in [-0.05, 0) is 42.7 Å². The van der Waals surface area contributed by atoms with E-state index in [0.717, 1.165) is 10.9 Å². The largest absolute Gasteiger partial charge is 0.360 e. The van der Waals surface area contributed by atoms with Crippen molar-refractivity contribution in [2.24, 2.45) is 5.73 Å². The molecule has 0 radical (unpaired) electrons. The van der Waals surface area contributed by atoms with Crippen LogP contribution in [0.5, 0.6) is 0 Å². The van der Waals surface area contributed by atoms with Crippen molar-refractivity contribution in [3.8, 4) is 0 Å². The molecule has 2 unspecified atom stereocenters. The SMILES string of the molecule is CC1Cc2ccccc2N1C(CN)c1ccc(Br)cc1. The van der Waals surface area contributed by atoms with Crippen LogP contribution in [0.15, 0.2) is 53.0 Å². The third kappa shape index (κ3) is 2.36. The highest BCUT2D eigenvalue weighted by Gasteiger charge is 2.31. The number of anilines is 1. The molecule has 0 fully saturated rings. The molecule has 3 heteroatoms. The summed E-state index contributed by atoms with van der Waals surface area (Å²) >= 11 is 3.49. The van der Waals surface area contributed by atoms with Crippen molar-refractivity contribution in [2.75, 3.05) is 11.4 Å². The van der Waals surface area contributed by atoms with Crippen molar-refractivity contribution in [2.45, 2.75) is 25.4 Å². The second-order valence-corrected chi connectivity index (χ2v) is 6.31. The van der Waals surface area contributed by atoms with Crippen molar-refractivity contribution in [3.05, 3.63) is 64.1 Å². The normalized spacial score (nSPS) is 18.9. The van der Waals surface area contributed by atoms with Crippen LogP contribution >= 0.6 is 15.9 Å². The summed E-state index contributed by atoms with van der Waals surface area (Å²) in [5.74, 6) is 0. The molecule has 0 amide bonds. The molecule has 0 aliphatic carbocycles. The maximum Gasteiger partial charge on any atom is 0.0668 e. The Morgan fingerprint density at radius 1 is 1.20 bits per heavy atom. The number of hydrogen-bond acceptors (Lipinski definition) is 2. The van der Waals surface area contributed by atoms with E-state index in [4.69, 9.17) is 5.73 Å². The lowest BCUT2D eigenvalue weighted by molar-refractivity contribution is 0.569. The van der Waals surface area contributed by atoms with E-state index in [1.54, 1.807) is 0 Å². The third-order valence-electron chi connectivity index (χ3n) is 4.07. The summed E-state index contributed by atoms with van der Waals surface area (Å²) in [6.45, 7) is 2.90. The van der Waals surface area contributed by atoms with Crippen molar-refractivity contribution < 1.29 is 0 Å². The van der Waals surface area contributed by atoms with Crippen LogP contribution in [0.1, 0.15) is 24.1 Å². The summed E-state index contributed by atoms with van der Waals surface area (Å²) in [6.07, 6.45) is 1.10. The Balaban J connectivity index is 1.99. The highest BCUT2D eigenvalue weighted by molar-refractivity contribution is 9.10. The van der Waals surface area contributed by atoms with Gasteiger partial charge in [-0.15, -0.1) is 0 Å². The maximum atomic E-state index is 6.09. The Hall–Kier alpha value is -1.32. The van der Waals surface area contributed by atoms with Gasteiger partial charge < -0.3 is 10.6 Å². The summed E-state index contributed by atoms with van der Waals surface area (Å²) in [5, 5.41) is 0. The molecule has 2 aromatic carbocycles. The molecule has 2 aromatic rings. The number of rotatable bonds is 3. The molecule has 3 rings (SSSR count). The quantitative estimate of drug-likeness (QED) is 0.924. The molecule has 0 saturated heterocycles. The zero-order valence-corrected chi connectivity index (χ0v) is 13.2. The number of nitrogens with two attached hydrogens (primary N) is 1. The number of hydrogen-bond donors (Lipinski definition) is 1. The van der Waals surface area contributed by atoms with Gasteiger partial charge in [0.15, 0.2) is 0 Å². The first-order valence-electron chi connectivity index (χ1n) is 7.02. The van der Waals surface area contributed by atoms with Gasteiger partial charge >= 0.3 is 0 Å². The molecular weight excluding hydrogens is 312 g/mol. The molecule has 2 N–H and O–H groups in total. The highest BCUT2D eigenvalue weighted by atomic mass is 79.9. The highest BCUT2D eigenvalue weighted by Crippen LogP contribution is 2.38. The second-order valence-electron chi connectivity index (χ2n) is 5.39. The van der Waals surface area contributed by atoms with Crippen molar-refractivity contribution >= 4 is 21.6 Å². The van der Waals surface area contributed by atoms with E-state index in [2.05, 4.69) is 76.3 Å². The summed E-state index contributed by atoms with van der Waals surface area (Å²) < 4.78 is 1.10. The molecule has 1 aliphatic rings. The van der Waals surface area contributed by atoms with Crippen LogP contribution in [0.2, 0.25) is 0 Å². The summed E-state index contributed by atoms with van der Waals surface area (Å²) in [6, 6.07) is 17.9. The third-order valence-corrected chi connectivity index (χ3v) is 4.60. The minimum absolute atomic E-state index is 0.238. The van der Waals surface area contributed by atoms with Gasteiger partial charge in [0.05, 0.1) is 6.04 Å². The number of halogens is 1. The fourth-order valence-corrected chi connectivity index (χ4v) is 3.42. The summed E-state index contributed by atoms with van der Waals surface area (Å²) in [5.41, 5.74) is 10.1. The maximum absolute atomic E-state index is 6.09. The van der Waals surface area contributed by atoms with E-state index in [1.807, 2.05) is 0 Å². The van der Waals surface area contributed by atoms with Crippen LogP contribution in [-0.4, -0.2) is 12.6 Å². The molecule has 1 heterocycles. The van der Waals surface area contributed by atoms with Crippen LogP contribution in [-0.2, 0) is 6.42 Å². The van der Waals surface area contributed by atoms with Gasteiger partial charge in [0.1, 0.15) is 0 Å². The van der Waals surface area contributed by atoms with Gasteiger partial charge in [-0.3, -0.25) is 0 Å². The Morgan fingerprint density at radius 3 is 2.60 bits per heavy atom. The molecule has 104 valence electrons. The fourth-order valence-electron chi connectivity index (χ4n) is 3.16. The molecule has 20 heavy (non-hydrogen) atoms. The Morgan fingerprint density at radius 2 is 1.90 bits per heavy atom. The minimum Gasteiger partial charge on any atom is -0.360 e. The van der Waals surface area contributed by atoms with E-state index in [-0.39, 0.29) is 6.04 Å². The van der Waals surface area contributed by atoms with Gasteiger partial charge in [0.2, 0.25) is 0 Å². The lowest BCUT2D eigenvalue weighted by atomic mass is 10.0. The van der Waals surface area contributed by atoms with E-state index in [1.165, 1.54) is 16.8 Å². The topological polar surface area (TPSA) is 29.3 Å². The average molecular weight is 331 g/mol. The van der Waals surface area contributed by atoms with E-state index < -0.39 is 0 Å². The summed E-state index contributed by atoms with van der Waals surface area (Å²) in [4.78, 5) is 2.47. The van der Waals surface area contributed by atoms with Gasteiger partial charge in [-0.2, -0.15) is 0 Å². The van der Waals surface area contributed by atoms with Crippen LogP contribution < -0.4 is 10.6 Å². The molecule has 0 bridgehead atoms. The first-order chi connectivity index (χ1) is 9.70. The van der Waals surface area contributed by atoms with E-state index in [9.17, 15) is 0 Å². The molecule has 0 spiro atoms. The van der Waals surface area contributed by atoms with Gasteiger partial charge in [0.25, 0.3) is 0 Å². The first kappa shape index (κ1) is 13.7. The lowest BCUT2D eigenvalue weighted by Crippen LogP contribution is -2.37. The molecule has 2 atom stereocenters. The monoisotopic (exact) mass is 330 g/mol. The van der Waals surface area contributed by atoms with Gasteiger partial charge in [-0.1, -0.05) is 46.3 Å². The molecule has 0 aromatic heterocycles. The predicted molar refractivity (Wildman–Crippen MR) is 88.0 cm³/mol. The number of para-hydroxylation sites is 1. The van der Waals surface area contributed by atoms with Crippen molar-refractivity contribution in [3.63, 3.8) is 0 Å². The van der Waals surface area contributed by atoms with E-state index >= 15 is 0 Å². The molecule has 1 aliphatic heterocycles. The molecular formula is C17H19BrN2. The summed E-state index contributed by atoms with van der Waals surface area (Å²) in [7, 11) is 0. The second kappa shape index (κ2) is 5.58. The predicted octanol–water partition coefficient (Wildman–Crippen LogP) is 3.90. The molecule has 2 nitrogen and oxygen atoms in total. The standard InChI is InChI=1S/C17H19BrN2/c1-12-10-14-4-2-3-5-16(14)20(12)17(11-19)13-6-8-15(18)9-7-13/h2-9,12,17H,10-11,19H2,1H3. The van der Waals surface area contributed by atoms with Crippen LogP contribution in [0.4, 0.5) is 5.69 Å². The smallest absolute Gasteiger partial charge is 0.0668 e. The number of benzene rings is 2. The van der Waals surface area contributed by atoms with Crippen LogP contribution in [0, 0.1) is 0 Å². The van der Waals surface area contributed by atoms with Crippen molar-refractivity contribution in [1.29, 1.82) is 0 Å². The Bertz CT molecular complexity index is 594. The zero-order valence-electron chi connectivity index (χ0n) is 11.6. The minimum atomic E-state index is 0.238. The van der Waals surface area contributed by atoms with Crippen LogP contribution in [0.25, 0.3) is 0 Å². The zero-order chi connectivity index (χ0) is 14.1. The lowest BCUT2D eigenvalue weighted by Gasteiger charge is -2.34. The van der Waals surface area contributed by atoms with Crippen molar-refractivity contribution in [1.82, 2.24) is 0 Å². The Labute approximate surface area is 128 Å². The fraction of sp³-hybridized carbons (Fsp3) is 0.294. The number of nitrogens with zero attached hydrogens (tertiary/aromatic N) is 1. The average Bonchev–Trinajstić information content (AvgIpc) is 2.79. The Kier molecular flexibility index (Phi) is 3.81. The first-order valence-corrected chi connectivity index (χ1v) is 7.82.